The van der Waals surface area contributed by atoms with Crippen LogP contribution in [-0.4, -0.2) is 67.2 Å². The number of nitrogens with one attached hydrogen (secondary N) is 1. The van der Waals surface area contributed by atoms with Crippen LogP contribution in [0.2, 0.25) is 0 Å². The fraction of sp³-hybridized carbons (Fsp3) is 0.394. The van der Waals surface area contributed by atoms with E-state index in [2.05, 4.69) is 4.90 Å². The molecule has 6 nitrogen and oxygen atoms in total. The molecule has 1 N–H and O–H groups in total. The van der Waals surface area contributed by atoms with Crippen molar-refractivity contribution >= 4 is 12.0 Å². The van der Waals surface area contributed by atoms with Crippen LogP contribution in [0.15, 0.2) is 72.8 Å². The van der Waals surface area contributed by atoms with Gasteiger partial charge in [0.1, 0.15) is 6.54 Å². The summed E-state index contributed by atoms with van der Waals surface area (Å²) in [5.74, 6) is -0.226. The Bertz CT molecular complexity index is 1470. The zero-order valence-electron chi connectivity index (χ0n) is 24.4. The van der Waals surface area contributed by atoms with E-state index in [1.807, 2.05) is 53.8 Å². The van der Waals surface area contributed by atoms with Gasteiger partial charge >= 0.3 is 18.4 Å². The number of halogens is 6. The molecule has 240 valence electrons. The van der Waals surface area contributed by atoms with Gasteiger partial charge in [-0.2, -0.15) is 26.3 Å². The average Bonchev–Trinajstić information content (AvgIpc) is 3.27. The maximum atomic E-state index is 13.0. The van der Waals surface area contributed by atoms with Crippen molar-refractivity contribution in [3.63, 3.8) is 0 Å². The van der Waals surface area contributed by atoms with Crippen LogP contribution in [-0.2, 0) is 27.7 Å². The summed E-state index contributed by atoms with van der Waals surface area (Å²) in [6.45, 7) is 1.29. The summed E-state index contributed by atoms with van der Waals surface area (Å²) in [4.78, 5) is 29.3. The number of rotatable bonds is 9. The number of alkyl halides is 6. The first kappa shape index (κ1) is 32.3. The second kappa shape index (κ2) is 13.1. The van der Waals surface area contributed by atoms with Crippen molar-refractivity contribution in [1.82, 2.24) is 15.1 Å². The lowest BCUT2D eigenvalue weighted by Gasteiger charge is -2.35. The number of carbonyl (C=O) groups is 2. The van der Waals surface area contributed by atoms with Crippen molar-refractivity contribution in [3.05, 3.63) is 95.1 Å². The van der Waals surface area contributed by atoms with E-state index < -0.39 is 36.2 Å². The van der Waals surface area contributed by atoms with Crippen LogP contribution in [0.25, 0.3) is 11.1 Å². The number of benzene rings is 3. The Morgan fingerprint density at radius 2 is 1.42 bits per heavy atom. The summed E-state index contributed by atoms with van der Waals surface area (Å²) in [5.41, 5.74) is 1.46. The second-order valence-corrected chi connectivity index (χ2v) is 11.3. The number of fused-ring (bicyclic) bond motifs is 3. The molecular formula is C33H33F6N3O3. The fourth-order valence-corrected chi connectivity index (χ4v) is 6.16. The van der Waals surface area contributed by atoms with Crippen LogP contribution in [0.4, 0.5) is 31.1 Å². The molecule has 2 aliphatic rings. The third-order valence-corrected chi connectivity index (χ3v) is 8.30. The Hall–Kier alpha value is -4.06. The normalized spacial score (nSPS) is 16.2. The zero-order chi connectivity index (χ0) is 32.2. The van der Waals surface area contributed by atoms with E-state index in [1.165, 1.54) is 12.1 Å². The molecule has 5 rings (SSSR count). The Morgan fingerprint density at radius 3 is 2.02 bits per heavy atom. The molecule has 12 heteroatoms. The van der Waals surface area contributed by atoms with Crippen molar-refractivity contribution in [2.45, 2.75) is 43.6 Å². The van der Waals surface area contributed by atoms with Gasteiger partial charge in [0.25, 0.3) is 0 Å². The molecule has 0 bridgehead atoms. The molecule has 2 amide bonds. The molecule has 0 spiro atoms. The monoisotopic (exact) mass is 633 g/mol. The summed E-state index contributed by atoms with van der Waals surface area (Å²) in [6, 6.07) is 19.6. The molecule has 3 aromatic rings. The lowest BCUT2D eigenvalue weighted by Crippen LogP contribution is -2.49. The topological polar surface area (TPSA) is 61.9 Å². The Morgan fingerprint density at radius 1 is 0.800 bits per heavy atom. The molecule has 1 aliphatic heterocycles. The Balaban J connectivity index is 1.18. The van der Waals surface area contributed by atoms with Crippen LogP contribution < -0.4 is 5.32 Å². The largest absolute Gasteiger partial charge is 0.433 e. The molecule has 0 atom stereocenters. The summed E-state index contributed by atoms with van der Waals surface area (Å²) >= 11 is 0. The second-order valence-electron chi connectivity index (χ2n) is 11.3. The van der Waals surface area contributed by atoms with Gasteiger partial charge in [-0.1, -0.05) is 66.7 Å². The van der Waals surface area contributed by atoms with E-state index >= 15 is 0 Å². The predicted molar refractivity (Wildman–Crippen MR) is 155 cm³/mol. The summed E-state index contributed by atoms with van der Waals surface area (Å²) in [6.07, 6.45) is -8.64. The van der Waals surface area contributed by atoms with Crippen LogP contribution in [0.1, 0.15) is 41.5 Å². The smallest absolute Gasteiger partial charge is 0.416 e. The predicted octanol–water partition coefficient (Wildman–Crippen LogP) is 6.78. The minimum Gasteiger partial charge on any atom is -0.433 e. The number of unbranched alkanes of at least 4 members (excludes halogenated alkanes) is 1. The summed E-state index contributed by atoms with van der Waals surface area (Å²) in [7, 11) is 0. The van der Waals surface area contributed by atoms with Gasteiger partial charge in [-0.05, 0) is 48.6 Å². The van der Waals surface area contributed by atoms with Crippen molar-refractivity contribution in [2.75, 3.05) is 39.3 Å². The Labute approximate surface area is 257 Å². The van der Waals surface area contributed by atoms with Crippen molar-refractivity contribution in [3.8, 4) is 11.1 Å². The SMILES string of the molecule is O=C(NCC(F)(F)F)OC1(CCCCN2CCN(C(=O)Cc3cccc(C(F)(F)F)c3)CC2)c2ccccc2-c2ccccc21. The minimum absolute atomic E-state index is 0.106. The van der Waals surface area contributed by atoms with Gasteiger partial charge in [0.05, 0.1) is 12.0 Å². The number of alkyl carbamates (subject to hydrolysis) is 1. The third-order valence-electron chi connectivity index (χ3n) is 8.30. The first-order valence-corrected chi connectivity index (χ1v) is 14.7. The van der Waals surface area contributed by atoms with Crippen molar-refractivity contribution in [1.29, 1.82) is 0 Å². The average molecular weight is 634 g/mol. The van der Waals surface area contributed by atoms with Gasteiger partial charge in [-0.3, -0.25) is 9.69 Å². The van der Waals surface area contributed by atoms with Crippen LogP contribution >= 0.6 is 0 Å². The van der Waals surface area contributed by atoms with E-state index in [9.17, 15) is 35.9 Å². The molecule has 1 saturated heterocycles. The number of nitrogens with zero attached hydrogens (tertiary/aromatic N) is 2. The lowest BCUT2D eigenvalue weighted by atomic mass is 9.86. The maximum Gasteiger partial charge on any atom is 0.416 e. The standard InChI is InChI=1S/C33H33F6N3O3/c34-32(35,36)22-40-30(44)45-31(27-12-3-1-10-25(27)26-11-2-4-13-28(26)31)14-5-6-15-41-16-18-42(19-17-41)29(43)21-23-8-7-9-24(20-23)33(37,38)39/h1-4,7-13,20H,5-6,14-19,21-22H2,(H,40,44). The molecule has 0 saturated carbocycles. The molecule has 0 unspecified atom stereocenters. The quantitative estimate of drug-likeness (QED) is 0.209. The molecule has 0 radical (unpaired) electrons. The molecule has 1 heterocycles. The molecule has 1 fully saturated rings. The van der Waals surface area contributed by atoms with Crippen LogP contribution in [0.3, 0.4) is 0 Å². The first-order valence-electron chi connectivity index (χ1n) is 14.7. The highest BCUT2D eigenvalue weighted by Gasteiger charge is 2.46. The van der Waals surface area contributed by atoms with Gasteiger partial charge in [-0.15, -0.1) is 0 Å². The van der Waals surface area contributed by atoms with Gasteiger partial charge in [0, 0.05) is 37.3 Å². The van der Waals surface area contributed by atoms with Gasteiger partial charge in [-0.25, -0.2) is 4.79 Å². The summed E-state index contributed by atoms with van der Waals surface area (Å²) < 4.78 is 83.4. The number of amides is 2. The molecule has 1 aliphatic carbocycles. The van der Waals surface area contributed by atoms with E-state index in [0.717, 1.165) is 34.4 Å². The lowest BCUT2D eigenvalue weighted by molar-refractivity contribution is -0.138. The molecular weight excluding hydrogens is 600 g/mol. The first-order chi connectivity index (χ1) is 21.4. The zero-order valence-corrected chi connectivity index (χ0v) is 24.4. The number of hydrogen-bond acceptors (Lipinski definition) is 4. The van der Waals surface area contributed by atoms with Crippen molar-refractivity contribution < 1.29 is 40.7 Å². The van der Waals surface area contributed by atoms with Gasteiger partial charge in [0.2, 0.25) is 5.91 Å². The minimum atomic E-state index is -4.58. The van der Waals surface area contributed by atoms with Crippen LogP contribution in [0.5, 0.6) is 0 Å². The summed E-state index contributed by atoms with van der Waals surface area (Å²) in [5, 5.41) is 1.84. The highest BCUT2D eigenvalue weighted by Crippen LogP contribution is 2.52. The molecule has 0 aromatic heterocycles. The fourth-order valence-electron chi connectivity index (χ4n) is 6.16. The highest BCUT2D eigenvalue weighted by molar-refractivity contribution is 5.82. The number of ether oxygens (including phenoxy) is 1. The van der Waals surface area contributed by atoms with E-state index in [-0.39, 0.29) is 12.3 Å². The van der Waals surface area contributed by atoms with E-state index in [0.29, 0.717) is 57.5 Å². The third kappa shape index (κ3) is 7.61. The number of piperazine rings is 1. The van der Waals surface area contributed by atoms with Crippen LogP contribution in [0, 0.1) is 0 Å². The van der Waals surface area contributed by atoms with Crippen molar-refractivity contribution in [2.24, 2.45) is 0 Å². The van der Waals surface area contributed by atoms with E-state index in [4.69, 9.17) is 4.74 Å². The maximum absolute atomic E-state index is 13.0. The van der Waals surface area contributed by atoms with E-state index in [1.54, 1.807) is 4.90 Å². The number of carbonyl (C=O) groups excluding carboxylic acids is 2. The van der Waals surface area contributed by atoms with Gasteiger partial charge < -0.3 is 15.0 Å². The highest BCUT2D eigenvalue weighted by atomic mass is 19.4. The molecule has 45 heavy (non-hydrogen) atoms. The Kier molecular flexibility index (Phi) is 9.43. The number of hydrogen-bond donors (Lipinski definition) is 1. The van der Waals surface area contributed by atoms with Gasteiger partial charge in [0.15, 0.2) is 5.60 Å². The molecule has 3 aromatic carbocycles.